The smallest absolute Gasteiger partial charge is 0.190 e. The van der Waals surface area contributed by atoms with E-state index in [0.29, 0.717) is 0 Å². The predicted octanol–water partition coefficient (Wildman–Crippen LogP) is -0.243. The van der Waals surface area contributed by atoms with E-state index in [2.05, 4.69) is 20.6 Å². The quantitative estimate of drug-likeness (QED) is 0.517. The predicted molar refractivity (Wildman–Crippen MR) is 57.3 cm³/mol. The van der Waals surface area contributed by atoms with E-state index in [-0.39, 0.29) is 0 Å². The SMILES string of the molecule is CN=C(NC)NCCc1cn(C)cn1. The zero-order valence-electron chi connectivity index (χ0n) is 8.91. The van der Waals surface area contributed by atoms with Crippen molar-refractivity contribution in [2.24, 2.45) is 12.0 Å². The third-order valence-corrected chi connectivity index (χ3v) is 1.89. The molecule has 5 nitrogen and oxygen atoms in total. The number of hydrogen-bond donors (Lipinski definition) is 2. The lowest BCUT2D eigenvalue weighted by Gasteiger charge is -2.06. The second-order valence-electron chi connectivity index (χ2n) is 3.03. The number of hydrogen-bond acceptors (Lipinski definition) is 2. The van der Waals surface area contributed by atoms with Crippen LogP contribution < -0.4 is 10.6 Å². The van der Waals surface area contributed by atoms with Crippen molar-refractivity contribution in [3.05, 3.63) is 18.2 Å². The molecule has 0 aliphatic heterocycles. The molecule has 1 rings (SSSR count). The molecule has 1 heterocycles. The van der Waals surface area contributed by atoms with Crippen LogP contribution in [0.25, 0.3) is 0 Å². The Morgan fingerprint density at radius 1 is 1.64 bits per heavy atom. The molecule has 78 valence electrons. The lowest BCUT2D eigenvalue weighted by Crippen LogP contribution is -2.35. The number of nitrogens with zero attached hydrogens (tertiary/aromatic N) is 3. The molecule has 0 radical (unpaired) electrons. The Hall–Kier alpha value is -1.52. The Morgan fingerprint density at radius 2 is 2.43 bits per heavy atom. The summed E-state index contributed by atoms with van der Waals surface area (Å²) < 4.78 is 1.95. The minimum Gasteiger partial charge on any atom is -0.359 e. The van der Waals surface area contributed by atoms with Crippen LogP contribution in [-0.4, -0.2) is 36.2 Å². The summed E-state index contributed by atoms with van der Waals surface area (Å²) >= 11 is 0. The molecule has 0 saturated heterocycles. The first-order valence-corrected chi connectivity index (χ1v) is 4.61. The highest BCUT2D eigenvalue weighted by Crippen LogP contribution is 1.93. The van der Waals surface area contributed by atoms with Gasteiger partial charge in [-0.15, -0.1) is 0 Å². The first-order valence-electron chi connectivity index (χ1n) is 4.61. The first-order chi connectivity index (χ1) is 6.76. The van der Waals surface area contributed by atoms with Crippen LogP contribution >= 0.6 is 0 Å². The maximum atomic E-state index is 4.23. The van der Waals surface area contributed by atoms with Gasteiger partial charge in [-0.2, -0.15) is 0 Å². The van der Waals surface area contributed by atoms with E-state index in [0.717, 1.165) is 24.6 Å². The number of aryl methyl sites for hydroxylation is 1. The number of aromatic nitrogens is 2. The van der Waals surface area contributed by atoms with Crippen molar-refractivity contribution in [2.45, 2.75) is 6.42 Å². The van der Waals surface area contributed by atoms with Gasteiger partial charge in [0.15, 0.2) is 5.96 Å². The van der Waals surface area contributed by atoms with Crippen molar-refractivity contribution >= 4 is 5.96 Å². The average molecular weight is 195 g/mol. The van der Waals surface area contributed by atoms with Gasteiger partial charge in [-0.25, -0.2) is 4.98 Å². The van der Waals surface area contributed by atoms with E-state index in [4.69, 9.17) is 0 Å². The van der Waals surface area contributed by atoms with Gasteiger partial charge in [-0.3, -0.25) is 4.99 Å². The molecule has 0 bridgehead atoms. The molecule has 0 unspecified atom stereocenters. The highest BCUT2D eigenvalue weighted by atomic mass is 15.1. The molecular weight excluding hydrogens is 178 g/mol. The van der Waals surface area contributed by atoms with Crippen molar-refractivity contribution < 1.29 is 0 Å². The summed E-state index contributed by atoms with van der Waals surface area (Å²) in [6, 6.07) is 0. The molecule has 0 aromatic carbocycles. The van der Waals surface area contributed by atoms with Crippen LogP contribution in [0, 0.1) is 0 Å². The van der Waals surface area contributed by atoms with Crippen molar-refractivity contribution in [3.8, 4) is 0 Å². The third kappa shape index (κ3) is 3.08. The van der Waals surface area contributed by atoms with Gasteiger partial charge in [0.2, 0.25) is 0 Å². The molecule has 0 aliphatic carbocycles. The van der Waals surface area contributed by atoms with E-state index >= 15 is 0 Å². The summed E-state index contributed by atoms with van der Waals surface area (Å²) in [5, 5.41) is 6.12. The van der Waals surface area contributed by atoms with Crippen molar-refractivity contribution in [1.82, 2.24) is 20.2 Å². The van der Waals surface area contributed by atoms with Gasteiger partial charge >= 0.3 is 0 Å². The minimum atomic E-state index is 0.806. The summed E-state index contributed by atoms with van der Waals surface area (Å²) in [7, 11) is 5.56. The molecule has 5 heteroatoms. The van der Waals surface area contributed by atoms with Gasteiger partial charge < -0.3 is 15.2 Å². The van der Waals surface area contributed by atoms with Gasteiger partial charge in [0.05, 0.1) is 12.0 Å². The summed E-state index contributed by atoms with van der Waals surface area (Å²) in [6.07, 6.45) is 4.73. The Kier molecular flexibility index (Phi) is 3.97. The fourth-order valence-corrected chi connectivity index (χ4v) is 1.18. The number of imidazole rings is 1. The zero-order chi connectivity index (χ0) is 10.4. The van der Waals surface area contributed by atoms with Crippen LogP contribution in [0.4, 0.5) is 0 Å². The lowest BCUT2D eigenvalue weighted by atomic mass is 10.3. The monoisotopic (exact) mass is 195 g/mol. The Bertz CT molecular complexity index is 302. The molecule has 0 aliphatic rings. The lowest BCUT2D eigenvalue weighted by molar-refractivity contribution is 0.818. The van der Waals surface area contributed by atoms with Crippen molar-refractivity contribution in [1.29, 1.82) is 0 Å². The first kappa shape index (κ1) is 10.6. The number of nitrogens with one attached hydrogen (secondary N) is 2. The molecule has 14 heavy (non-hydrogen) atoms. The molecule has 0 amide bonds. The van der Waals surface area contributed by atoms with E-state index in [1.165, 1.54) is 0 Å². The van der Waals surface area contributed by atoms with Crippen LogP contribution in [0.2, 0.25) is 0 Å². The number of aliphatic imine (C=N–C) groups is 1. The molecule has 2 N–H and O–H groups in total. The highest BCUT2D eigenvalue weighted by Gasteiger charge is 1.97. The van der Waals surface area contributed by atoms with Gasteiger partial charge in [0, 0.05) is 40.3 Å². The molecule has 1 aromatic rings. The second kappa shape index (κ2) is 5.26. The molecule has 0 fully saturated rings. The average Bonchev–Trinajstić information content (AvgIpc) is 2.59. The number of rotatable bonds is 3. The fourth-order valence-electron chi connectivity index (χ4n) is 1.18. The summed E-state index contributed by atoms with van der Waals surface area (Å²) in [4.78, 5) is 8.24. The Balaban J connectivity index is 2.28. The second-order valence-corrected chi connectivity index (χ2v) is 3.03. The molecule has 0 atom stereocenters. The Labute approximate surface area is 84.3 Å². The maximum Gasteiger partial charge on any atom is 0.190 e. The minimum absolute atomic E-state index is 0.806. The normalized spacial score (nSPS) is 11.5. The third-order valence-electron chi connectivity index (χ3n) is 1.89. The van der Waals surface area contributed by atoms with Crippen LogP contribution in [0.15, 0.2) is 17.5 Å². The van der Waals surface area contributed by atoms with E-state index in [1.807, 2.05) is 31.2 Å². The highest BCUT2D eigenvalue weighted by molar-refractivity contribution is 5.79. The van der Waals surface area contributed by atoms with Crippen LogP contribution in [-0.2, 0) is 13.5 Å². The van der Waals surface area contributed by atoms with Gasteiger partial charge in [0.1, 0.15) is 0 Å². The fraction of sp³-hybridized carbons (Fsp3) is 0.556. The molecule has 1 aromatic heterocycles. The van der Waals surface area contributed by atoms with E-state index < -0.39 is 0 Å². The van der Waals surface area contributed by atoms with Crippen molar-refractivity contribution in [2.75, 3.05) is 20.6 Å². The van der Waals surface area contributed by atoms with E-state index in [9.17, 15) is 0 Å². The van der Waals surface area contributed by atoms with Crippen LogP contribution in [0.5, 0.6) is 0 Å². The molecular formula is C9H17N5. The standard InChI is InChI=1S/C9H17N5/c1-10-9(11-2)12-5-4-8-6-14(3)7-13-8/h6-7H,4-5H2,1-3H3,(H2,10,11,12). The maximum absolute atomic E-state index is 4.23. The van der Waals surface area contributed by atoms with Crippen LogP contribution in [0.1, 0.15) is 5.69 Å². The largest absolute Gasteiger partial charge is 0.359 e. The Morgan fingerprint density at radius 3 is 2.93 bits per heavy atom. The molecule has 0 saturated carbocycles. The van der Waals surface area contributed by atoms with Crippen molar-refractivity contribution in [3.63, 3.8) is 0 Å². The molecule has 0 spiro atoms. The summed E-state index contributed by atoms with van der Waals surface area (Å²) in [5.74, 6) is 0.806. The summed E-state index contributed by atoms with van der Waals surface area (Å²) in [6.45, 7) is 0.838. The van der Waals surface area contributed by atoms with Crippen LogP contribution in [0.3, 0.4) is 0 Å². The van der Waals surface area contributed by atoms with E-state index in [1.54, 1.807) is 7.05 Å². The van der Waals surface area contributed by atoms with Gasteiger partial charge in [-0.05, 0) is 0 Å². The topological polar surface area (TPSA) is 54.2 Å². The number of guanidine groups is 1. The van der Waals surface area contributed by atoms with Gasteiger partial charge in [0.25, 0.3) is 0 Å². The zero-order valence-corrected chi connectivity index (χ0v) is 8.91. The van der Waals surface area contributed by atoms with Gasteiger partial charge in [-0.1, -0.05) is 0 Å². The summed E-state index contributed by atoms with van der Waals surface area (Å²) in [5.41, 5.74) is 1.09.